The summed E-state index contributed by atoms with van der Waals surface area (Å²) in [5, 5.41) is 5.64. The number of piperazine rings is 1. The highest BCUT2D eigenvalue weighted by Gasteiger charge is 2.23. The number of fused-ring (bicyclic) bond motifs is 1. The summed E-state index contributed by atoms with van der Waals surface area (Å²) in [7, 11) is 0. The molecule has 1 fully saturated rings. The number of benzene rings is 1. The van der Waals surface area contributed by atoms with E-state index in [1.54, 1.807) is 28.9 Å². The molecule has 0 atom stereocenters. The minimum Gasteiger partial charge on any atom is -0.336 e. The van der Waals surface area contributed by atoms with Gasteiger partial charge in [-0.05, 0) is 32.0 Å². The number of anilines is 1. The molecule has 3 heterocycles. The summed E-state index contributed by atoms with van der Waals surface area (Å²) >= 11 is 12.2. The van der Waals surface area contributed by atoms with Crippen LogP contribution >= 0.6 is 23.2 Å². The number of amides is 1. The summed E-state index contributed by atoms with van der Waals surface area (Å²) in [6, 6.07) is 7.30. The third kappa shape index (κ3) is 4.06. The average molecular weight is 431 g/mol. The van der Waals surface area contributed by atoms with Gasteiger partial charge in [0.15, 0.2) is 0 Å². The summed E-state index contributed by atoms with van der Waals surface area (Å²) in [6.45, 7) is 6.44. The lowest BCUT2D eigenvalue weighted by molar-refractivity contribution is -0.126. The predicted octanol–water partition coefficient (Wildman–Crippen LogP) is 3.71. The minimum atomic E-state index is 0.0520. The Morgan fingerprint density at radius 3 is 2.52 bits per heavy atom. The van der Waals surface area contributed by atoms with E-state index in [0.29, 0.717) is 48.0 Å². The second kappa shape index (κ2) is 8.00. The van der Waals surface area contributed by atoms with Gasteiger partial charge < -0.3 is 9.80 Å². The van der Waals surface area contributed by atoms with Crippen molar-refractivity contribution in [2.45, 2.75) is 13.8 Å². The summed E-state index contributed by atoms with van der Waals surface area (Å²) < 4.78 is 1.70. The van der Waals surface area contributed by atoms with E-state index in [2.05, 4.69) is 20.0 Å². The van der Waals surface area contributed by atoms with Gasteiger partial charge in [-0.25, -0.2) is 4.98 Å². The Kier molecular flexibility index (Phi) is 5.43. The molecule has 0 bridgehead atoms. The molecule has 0 N–H and O–H groups in total. The Balaban J connectivity index is 1.58. The van der Waals surface area contributed by atoms with E-state index in [1.165, 1.54) is 0 Å². The van der Waals surface area contributed by atoms with Crippen LogP contribution in [0.2, 0.25) is 10.0 Å². The summed E-state index contributed by atoms with van der Waals surface area (Å²) in [5.41, 5.74) is 2.70. The third-order valence-corrected chi connectivity index (χ3v) is 5.47. The first kappa shape index (κ1) is 19.7. The molecular weight excluding hydrogens is 411 g/mol. The minimum absolute atomic E-state index is 0.0520. The lowest BCUT2D eigenvalue weighted by Crippen LogP contribution is -2.48. The molecule has 1 saturated heterocycles. The van der Waals surface area contributed by atoms with Crippen molar-refractivity contribution >= 4 is 40.8 Å². The highest BCUT2D eigenvalue weighted by Crippen LogP contribution is 2.28. The molecule has 1 aliphatic heterocycles. The van der Waals surface area contributed by atoms with Crippen molar-refractivity contribution in [2.24, 2.45) is 0 Å². The van der Waals surface area contributed by atoms with Gasteiger partial charge in [0.1, 0.15) is 0 Å². The van der Waals surface area contributed by atoms with Gasteiger partial charge in [0, 0.05) is 44.0 Å². The average Bonchev–Trinajstić information content (AvgIpc) is 3.14. The van der Waals surface area contributed by atoms with Crippen LogP contribution in [0.25, 0.3) is 17.0 Å². The molecule has 150 valence electrons. The van der Waals surface area contributed by atoms with Crippen molar-refractivity contribution in [3.8, 4) is 11.3 Å². The summed E-state index contributed by atoms with van der Waals surface area (Å²) in [6.07, 6.45) is 3.37. The Hall–Kier alpha value is -2.64. The van der Waals surface area contributed by atoms with Gasteiger partial charge in [0.05, 0.1) is 15.7 Å². The number of rotatable bonds is 3. The topological polar surface area (TPSA) is 66.6 Å². The number of nitrogens with zero attached hydrogens (tertiary/aromatic N) is 6. The SMILES string of the molecule is CC(C)=CC(=O)N1CCN(c2nc3nccc(-c4ccc(Cl)c(Cl)c4)n3n2)CC1. The third-order valence-electron chi connectivity index (χ3n) is 4.73. The van der Waals surface area contributed by atoms with E-state index in [-0.39, 0.29) is 5.91 Å². The quantitative estimate of drug-likeness (QED) is 0.592. The van der Waals surface area contributed by atoms with Crippen molar-refractivity contribution in [1.29, 1.82) is 0 Å². The molecule has 9 heteroatoms. The predicted molar refractivity (Wildman–Crippen MR) is 114 cm³/mol. The van der Waals surface area contributed by atoms with E-state index >= 15 is 0 Å². The van der Waals surface area contributed by atoms with Gasteiger partial charge in [-0.3, -0.25) is 4.79 Å². The van der Waals surface area contributed by atoms with E-state index in [9.17, 15) is 4.79 Å². The number of carbonyl (C=O) groups is 1. The molecule has 1 aromatic carbocycles. The zero-order chi connectivity index (χ0) is 20.5. The Morgan fingerprint density at radius 2 is 1.83 bits per heavy atom. The van der Waals surface area contributed by atoms with Crippen molar-refractivity contribution < 1.29 is 4.79 Å². The number of hydrogen-bond donors (Lipinski definition) is 0. The van der Waals surface area contributed by atoms with Gasteiger partial charge in [0.2, 0.25) is 11.9 Å². The molecule has 1 amide bonds. The first-order valence-electron chi connectivity index (χ1n) is 9.28. The molecular formula is C20H20Cl2N6O. The first-order chi connectivity index (χ1) is 13.9. The van der Waals surface area contributed by atoms with Crippen molar-refractivity contribution in [2.75, 3.05) is 31.1 Å². The fourth-order valence-electron chi connectivity index (χ4n) is 3.26. The zero-order valence-corrected chi connectivity index (χ0v) is 17.7. The fourth-order valence-corrected chi connectivity index (χ4v) is 3.55. The fraction of sp³-hybridized carbons (Fsp3) is 0.300. The monoisotopic (exact) mass is 430 g/mol. The zero-order valence-electron chi connectivity index (χ0n) is 16.1. The number of aromatic nitrogens is 4. The Morgan fingerprint density at radius 1 is 1.07 bits per heavy atom. The van der Waals surface area contributed by atoms with Crippen LogP contribution in [-0.4, -0.2) is 56.6 Å². The van der Waals surface area contributed by atoms with Gasteiger partial charge in [-0.15, -0.1) is 5.10 Å². The van der Waals surface area contributed by atoms with Gasteiger partial charge in [-0.2, -0.15) is 9.50 Å². The Bertz CT molecular complexity index is 1100. The summed E-state index contributed by atoms with van der Waals surface area (Å²) in [5.74, 6) is 1.15. The van der Waals surface area contributed by atoms with Gasteiger partial charge in [-0.1, -0.05) is 34.8 Å². The molecule has 0 spiro atoms. The van der Waals surface area contributed by atoms with Crippen LogP contribution in [0.3, 0.4) is 0 Å². The normalized spacial score (nSPS) is 14.3. The van der Waals surface area contributed by atoms with Crippen molar-refractivity contribution in [3.05, 3.63) is 52.2 Å². The smallest absolute Gasteiger partial charge is 0.254 e. The van der Waals surface area contributed by atoms with E-state index in [0.717, 1.165) is 16.8 Å². The number of halogens is 2. The molecule has 1 aliphatic rings. The molecule has 0 aliphatic carbocycles. The maximum atomic E-state index is 12.2. The number of carbonyl (C=O) groups excluding carboxylic acids is 1. The molecule has 3 aromatic rings. The maximum Gasteiger partial charge on any atom is 0.254 e. The highest BCUT2D eigenvalue weighted by molar-refractivity contribution is 6.42. The molecule has 0 saturated carbocycles. The van der Waals surface area contributed by atoms with Crippen molar-refractivity contribution in [3.63, 3.8) is 0 Å². The van der Waals surface area contributed by atoms with E-state index in [4.69, 9.17) is 23.2 Å². The summed E-state index contributed by atoms with van der Waals surface area (Å²) in [4.78, 5) is 25.0. The van der Waals surface area contributed by atoms with Crippen LogP contribution in [0, 0.1) is 0 Å². The Labute approximate surface area is 178 Å². The van der Waals surface area contributed by atoms with Crippen LogP contribution < -0.4 is 4.90 Å². The standard InChI is InChI=1S/C20H20Cl2N6O/c1-13(2)11-18(29)26-7-9-27(10-8-26)20-24-19-23-6-5-17(28(19)25-20)14-3-4-15(21)16(22)12-14/h3-6,11-12H,7-10H2,1-2H3. The van der Waals surface area contributed by atoms with Crippen LogP contribution in [0.5, 0.6) is 0 Å². The van der Waals surface area contributed by atoms with Gasteiger partial charge >= 0.3 is 0 Å². The molecule has 0 unspecified atom stereocenters. The number of hydrogen-bond acceptors (Lipinski definition) is 5. The first-order valence-corrected chi connectivity index (χ1v) is 10.0. The lowest BCUT2D eigenvalue weighted by atomic mass is 10.1. The van der Waals surface area contributed by atoms with Crippen LogP contribution in [0.15, 0.2) is 42.1 Å². The molecule has 7 nitrogen and oxygen atoms in total. The van der Waals surface area contributed by atoms with Crippen molar-refractivity contribution in [1.82, 2.24) is 24.5 Å². The highest BCUT2D eigenvalue weighted by atomic mass is 35.5. The lowest BCUT2D eigenvalue weighted by Gasteiger charge is -2.33. The second-order valence-electron chi connectivity index (χ2n) is 7.12. The largest absolute Gasteiger partial charge is 0.336 e. The second-order valence-corrected chi connectivity index (χ2v) is 7.93. The van der Waals surface area contributed by atoms with Crippen LogP contribution in [-0.2, 0) is 4.79 Å². The van der Waals surface area contributed by atoms with E-state index in [1.807, 2.05) is 30.9 Å². The van der Waals surface area contributed by atoms with Crippen LogP contribution in [0.1, 0.15) is 13.8 Å². The van der Waals surface area contributed by atoms with E-state index < -0.39 is 0 Å². The maximum absolute atomic E-state index is 12.2. The van der Waals surface area contributed by atoms with Gasteiger partial charge in [0.25, 0.3) is 5.78 Å². The molecule has 2 aromatic heterocycles. The molecule has 4 rings (SSSR count). The molecule has 29 heavy (non-hydrogen) atoms. The number of allylic oxidation sites excluding steroid dienone is 1. The molecule has 0 radical (unpaired) electrons. The van der Waals surface area contributed by atoms with Crippen LogP contribution in [0.4, 0.5) is 5.95 Å².